The van der Waals surface area contributed by atoms with Crippen molar-refractivity contribution in [2.75, 3.05) is 11.3 Å². The third-order valence-electron chi connectivity index (χ3n) is 4.23. The molecule has 0 aliphatic rings. The molecule has 0 unspecified atom stereocenters. The van der Waals surface area contributed by atoms with E-state index in [-0.39, 0.29) is 10.6 Å². The lowest BCUT2D eigenvalue weighted by atomic mass is 10.1. The lowest BCUT2D eigenvalue weighted by molar-refractivity contribution is -0.139. The number of hydrogen-bond acceptors (Lipinski definition) is 6. The van der Waals surface area contributed by atoms with Gasteiger partial charge in [0.05, 0.1) is 15.6 Å². The number of hydrogen-bond donors (Lipinski definition) is 2. The zero-order valence-electron chi connectivity index (χ0n) is 16.1. The number of rotatable bonds is 7. The van der Waals surface area contributed by atoms with E-state index in [1.165, 1.54) is 6.07 Å². The first-order chi connectivity index (χ1) is 13.7. The zero-order valence-corrected chi connectivity index (χ0v) is 17.7. The van der Waals surface area contributed by atoms with E-state index in [0.29, 0.717) is 16.8 Å². The van der Waals surface area contributed by atoms with Crippen molar-refractivity contribution in [1.82, 2.24) is 4.98 Å². The van der Waals surface area contributed by atoms with Gasteiger partial charge >= 0.3 is 5.97 Å². The van der Waals surface area contributed by atoms with E-state index < -0.39 is 22.6 Å². The molecular weight excluding hydrogens is 412 g/mol. The van der Waals surface area contributed by atoms with Crippen LogP contribution in [0.15, 0.2) is 46.7 Å². The van der Waals surface area contributed by atoms with Crippen molar-refractivity contribution in [3.63, 3.8) is 0 Å². The Bertz CT molecular complexity index is 1150. The molecule has 9 heteroatoms. The maximum atomic E-state index is 12.9. The van der Waals surface area contributed by atoms with Crippen LogP contribution in [0, 0.1) is 20.8 Å². The lowest BCUT2D eigenvalue weighted by Crippen LogP contribution is -2.16. The molecule has 0 aliphatic heterocycles. The second-order valence-corrected chi connectivity index (χ2v) is 9.16. The van der Waals surface area contributed by atoms with Crippen LogP contribution in [-0.4, -0.2) is 31.1 Å². The maximum absolute atomic E-state index is 12.9. The molecular formula is C20H20N2O5S2. The molecule has 7 nitrogen and oxygen atoms in total. The monoisotopic (exact) mass is 432 g/mol. The molecule has 152 valence electrons. The number of sulfonamides is 1. The Kier molecular flexibility index (Phi) is 5.90. The highest BCUT2D eigenvalue weighted by Gasteiger charge is 2.21. The van der Waals surface area contributed by atoms with Gasteiger partial charge in [-0.25, -0.2) is 18.2 Å². The Morgan fingerprint density at radius 2 is 1.83 bits per heavy atom. The first-order valence-corrected chi connectivity index (χ1v) is 11.0. The lowest BCUT2D eigenvalue weighted by Gasteiger charge is -2.15. The molecule has 0 bridgehead atoms. The van der Waals surface area contributed by atoms with E-state index in [9.17, 15) is 13.2 Å². The summed E-state index contributed by atoms with van der Waals surface area (Å²) in [5, 5.41) is 11.7. The van der Waals surface area contributed by atoms with Gasteiger partial charge in [-0.3, -0.25) is 4.72 Å². The number of aryl methyl sites for hydroxylation is 2. The van der Waals surface area contributed by atoms with Gasteiger partial charge in [0.15, 0.2) is 6.61 Å². The molecule has 2 aromatic carbocycles. The Hall–Kier alpha value is -2.91. The summed E-state index contributed by atoms with van der Waals surface area (Å²) in [6, 6.07) is 10.0. The van der Waals surface area contributed by atoms with Crippen molar-refractivity contribution < 1.29 is 23.1 Å². The second kappa shape index (κ2) is 8.22. The predicted octanol–water partition coefficient (Wildman–Crippen LogP) is 4.00. The van der Waals surface area contributed by atoms with Gasteiger partial charge in [-0.2, -0.15) is 0 Å². The number of nitrogens with zero attached hydrogens (tertiary/aromatic N) is 1. The summed E-state index contributed by atoms with van der Waals surface area (Å²) in [5.74, 6) is -0.880. The topological polar surface area (TPSA) is 106 Å². The number of carboxylic acid groups (broad SMARTS) is 1. The van der Waals surface area contributed by atoms with Gasteiger partial charge in [-0.05, 0) is 44.5 Å². The molecule has 0 fully saturated rings. The Morgan fingerprint density at radius 3 is 2.41 bits per heavy atom. The van der Waals surface area contributed by atoms with Crippen molar-refractivity contribution in [2.24, 2.45) is 0 Å². The van der Waals surface area contributed by atoms with Gasteiger partial charge in [-0.1, -0.05) is 18.2 Å². The van der Waals surface area contributed by atoms with Crippen LogP contribution in [0.2, 0.25) is 0 Å². The van der Waals surface area contributed by atoms with Crippen molar-refractivity contribution in [1.29, 1.82) is 0 Å². The number of carbonyl (C=O) groups is 1. The average Bonchev–Trinajstić information content (AvgIpc) is 3.07. The van der Waals surface area contributed by atoms with Gasteiger partial charge in [0.1, 0.15) is 5.75 Å². The van der Waals surface area contributed by atoms with Gasteiger partial charge in [-0.15, -0.1) is 11.3 Å². The van der Waals surface area contributed by atoms with Crippen LogP contribution >= 0.6 is 11.3 Å². The quantitative estimate of drug-likeness (QED) is 0.585. The molecule has 0 radical (unpaired) electrons. The van der Waals surface area contributed by atoms with Crippen molar-refractivity contribution in [2.45, 2.75) is 25.7 Å². The van der Waals surface area contributed by atoms with Crippen molar-refractivity contribution >= 4 is 33.0 Å². The maximum Gasteiger partial charge on any atom is 0.341 e. The van der Waals surface area contributed by atoms with Crippen LogP contribution in [0.4, 0.5) is 5.69 Å². The largest absolute Gasteiger partial charge is 0.481 e. The number of carboxylic acids is 1. The van der Waals surface area contributed by atoms with E-state index in [1.807, 2.05) is 12.3 Å². The molecule has 0 spiro atoms. The first-order valence-electron chi connectivity index (χ1n) is 8.67. The number of nitrogens with one attached hydrogen (secondary N) is 1. The minimum absolute atomic E-state index is 0.0303. The van der Waals surface area contributed by atoms with Crippen LogP contribution in [0.5, 0.6) is 5.75 Å². The normalized spacial score (nSPS) is 11.3. The van der Waals surface area contributed by atoms with Gasteiger partial charge < -0.3 is 9.84 Å². The predicted molar refractivity (Wildman–Crippen MR) is 112 cm³/mol. The Morgan fingerprint density at radius 1 is 1.14 bits per heavy atom. The van der Waals surface area contributed by atoms with Crippen LogP contribution in [-0.2, 0) is 14.8 Å². The summed E-state index contributed by atoms with van der Waals surface area (Å²) in [7, 11) is -3.89. The van der Waals surface area contributed by atoms with E-state index in [4.69, 9.17) is 9.84 Å². The summed E-state index contributed by atoms with van der Waals surface area (Å²) in [4.78, 5) is 15.2. The summed E-state index contributed by atoms with van der Waals surface area (Å²) < 4.78 is 33.6. The SMILES string of the molecule is Cc1nc(-c2ccc(NS(=O)(=O)c3ccc(C)c(OCC(=O)O)c3C)cc2)cs1. The van der Waals surface area contributed by atoms with Crippen molar-refractivity contribution in [3.8, 4) is 17.0 Å². The van der Waals surface area contributed by atoms with E-state index >= 15 is 0 Å². The zero-order chi connectivity index (χ0) is 21.2. The molecule has 0 aliphatic carbocycles. The number of ether oxygens (including phenoxy) is 1. The minimum atomic E-state index is -3.89. The molecule has 0 atom stereocenters. The van der Waals surface area contributed by atoms with Crippen molar-refractivity contribution in [3.05, 3.63) is 57.9 Å². The van der Waals surface area contributed by atoms with Crippen LogP contribution < -0.4 is 9.46 Å². The number of benzene rings is 2. The number of aliphatic carboxylic acids is 1. The van der Waals surface area contributed by atoms with E-state index in [0.717, 1.165) is 16.3 Å². The fraction of sp³-hybridized carbons (Fsp3) is 0.200. The van der Waals surface area contributed by atoms with E-state index in [1.54, 1.807) is 55.5 Å². The molecule has 2 N–H and O–H groups in total. The fourth-order valence-electron chi connectivity index (χ4n) is 2.87. The molecule has 3 rings (SSSR count). The number of aromatic nitrogens is 1. The average molecular weight is 433 g/mol. The third-order valence-corrected chi connectivity index (χ3v) is 6.53. The second-order valence-electron chi connectivity index (χ2n) is 6.45. The number of thiazole rings is 1. The highest BCUT2D eigenvalue weighted by atomic mass is 32.2. The smallest absolute Gasteiger partial charge is 0.341 e. The standard InChI is InChI=1S/C20H20N2O5S2/c1-12-4-9-18(13(2)20(12)27-10-19(23)24)29(25,26)22-16-7-5-15(6-8-16)17-11-28-14(3)21-17/h4-9,11,22H,10H2,1-3H3,(H,23,24). The molecule has 3 aromatic rings. The summed E-state index contributed by atoms with van der Waals surface area (Å²) in [6.07, 6.45) is 0. The molecule has 0 saturated carbocycles. The minimum Gasteiger partial charge on any atom is -0.481 e. The molecule has 1 aromatic heterocycles. The molecule has 1 heterocycles. The fourth-order valence-corrected chi connectivity index (χ4v) is 4.79. The molecule has 0 amide bonds. The first kappa shape index (κ1) is 20.8. The van der Waals surface area contributed by atoms with Gasteiger partial charge in [0.2, 0.25) is 0 Å². The Labute approximate surface area is 173 Å². The third kappa shape index (κ3) is 4.75. The summed E-state index contributed by atoms with van der Waals surface area (Å²) in [5.41, 5.74) is 3.16. The molecule has 0 saturated heterocycles. The highest BCUT2D eigenvalue weighted by molar-refractivity contribution is 7.92. The van der Waals surface area contributed by atoms with Gasteiger partial charge in [0, 0.05) is 22.2 Å². The number of anilines is 1. The van der Waals surface area contributed by atoms with Crippen LogP contribution in [0.1, 0.15) is 16.1 Å². The van der Waals surface area contributed by atoms with E-state index in [2.05, 4.69) is 9.71 Å². The van der Waals surface area contributed by atoms with Crippen LogP contribution in [0.25, 0.3) is 11.3 Å². The molecule has 29 heavy (non-hydrogen) atoms. The highest BCUT2D eigenvalue weighted by Crippen LogP contribution is 2.30. The van der Waals surface area contributed by atoms with Crippen LogP contribution in [0.3, 0.4) is 0 Å². The summed E-state index contributed by atoms with van der Waals surface area (Å²) >= 11 is 1.55. The Balaban J connectivity index is 1.86. The summed E-state index contributed by atoms with van der Waals surface area (Å²) in [6.45, 7) is 4.70. The van der Waals surface area contributed by atoms with Gasteiger partial charge in [0.25, 0.3) is 10.0 Å².